The van der Waals surface area contributed by atoms with Gasteiger partial charge >= 0.3 is 11.9 Å². The zero-order chi connectivity index (χ0) is 9.14. The Morgan fingerprint density at radius 1 is 1.17 bits per heavy atom. The minimum atomic E-state index is -0.348. The Kier molecular flexibility index (Phi) is 2.65. The van der Waals surface area contributed by atoms with E-state index in [1.807, 2.05) is 0 Å². The van der Waals surface area contributed by atoms with Crippen LogP contribution in [0.2, 0.25) is 0 Å². The number of hydrogen-bond acceptors (Lipinski definition) is 5. The fourth-order valence-electron chi connectivity index (χ4n) is 1.07. The van der Waals surface area contributed by atoms with Crippen LogP contribution in [0.4, 0.5) is 0 Å². The van der Waals surface area contributed by atoms with Crippen molar-refractivity contribution >= 4 is 11.9 Å². The Labute approximate surface area is 70.0 Å². The van der Waals surface area contributed by atoms with E-state index in [1.165, 1.54) is 14.2 Å². The molecule has 0 spiro atoms. The number of esters is 2. The van der Waals surface area contributed by atoms with Gasteiger partial charge in [-0.05, 0) is 6.42 Å². The summed E-state index contributed by atoms with van der Waals surface area (Å²) in [7, 11) is 2.63. The molecule has 0 radical (unpaired) electrons. The topological polar surface area (TPSA) is 64.6 Å². The lowest BCUT2D eigenvalue weighted by molar-refractivity contribution is -0.152. The van der Waals surface area contributed by atoms with Crippen molar-refractivity contribution in [3.05, 3.63) is 0 Å². The quantitative estimate of drug-likeness (QED) is 0.546. The molecule has 0 bridgehead atoms. The molecular formula is C7H11NO4. The summed E-state index contributed by atoms with van der Waals surface area (Å²) in [6.07, 6.45) is 0.458. The molecule has 1 N–H and O–H groups in total. The molecule has 5 heteroatoms. The number of carbonyl (C=O) groups is 2. The Morgan fingerprint density at radius 3 is 1.75 bits per heavy atom. The van der Waals surface area contributed by atoms with Crippen LogP contribution in [0.25, 0.3) is 0 Å². The summed E-state index contributed by atoms with van der Waals surface area (Å²) in [5, 5.41) is 2.73. The van der Waals surface area contributed by atoms with Crippen LogP contribution >= 0.6 is 0 Å². The zero-order valence-electron chi connectivity index (χ0n) is 6.99. The SMILES string of the molecule is COC(=O)[C@H]1C[C@H](C(=O)OC)N1. The maximum absolute atomic E-state index is 10.8. The molecule has 68 valence electrons. The van der Waals surface area contributed by atoms with Crippen LogP contribution < -0.4 is 5.32 Å². The first kappa shape index (κ1) is 8.99. The summed E-state index contributed by atoms with van der Waals surface area (Å²) in [6, 6.07) is -0.696. The van der Waals surface area contributed by atoms with Crippen LogP contribution in [0, 0.1) is 0 Å². The van der Waals surface area contributed by atoms with Gasteiger partial charge in [0.1, 0.15) is 12.1 Å². The van der Waals surface area contributed by atoms with E-state index in [4.69, 9.17) is 0 Å². The Balaban J connectivity index is 2.28. The van der Waals surface area contributed by atoms with Crippen LogP contribution in [-0.2, 0) is 19.1 Å². The van der Waals surface area contributed by atoms with Crippen LogP contribution in [-0.4, -0.2) is 38.2 Å². The molecule has 2 atom stereocenters. The summed E-state index contributed by atoms with van der Waals surface area (Å²) in [5.74, 6) is -0.676. The van der Waals surface area contributed by atoms with Crippen LogP contribution in [0.15, 0.2) is 0 Å². The standard InChI is InChI=1S/C7H11NO4/c1-11-6(9)4-3-5(8-4)7(10)12-2/h4-5,8H,3H2,1-2H3/t4-,5-/m1/s1. The second-order valence-corrected chi connectivity index (χ2v) is 2.55. The fraction of sp³-hybridized carbons (Fsp3) is 0.714. The third-order valence-corrected chi connectivity index (χ3v) is 1.85. The smallest absolute Gasteiger partial charge is 0.322 e. The Morgan fingerprint density at radius 2 is 1.50 bits per heavy atom. The lowest BCUT2D eigenvalue weighted by atomic mass is 9.97. The molecule has 5 nitrogen and oxygen atoms in total. The molecule has 1 saturated heterocycles. The van der Waals surface area contributed by atoms with Gasteiger partial charge in [0, 0.05) is 0 Å². The third-order valence-electron chi connectivity index (χ3n) is 1.85. The van der Waals surface area contributed by atoms with Crippen molar-refractivity contribution < 1.29 is 19.1 Å². The van der Waals surface area contributed by atoms with Gasteiger partial charge in [-0.1, -0.05) is 0 Å². The van der Waals surface area contributed by atoms with E-state index in [1.54, 1.807) is 0 Å². The van der Waals surface area contributed by atoms with Gasteiger partial charge in [-0.3, -0.25) is 14.9 Å². The molecule has 0 aliphatic carbocycles. The first-order chi connectivity index (χ1) is 5.69. The van der Waals surface area contributed by atoms with Gasteiger partial charge in [-0.15, -0.1) is 0 Å². The molecule has 1 aliphatic rings. The number of nitrogens with one attached hydrogen (secondary N) is 1. The van der Waals surface area contributed by atoms with Crippen molar-refractivity contribution in [2.45, 2.75) is 18.5 Å². The summed E-state index contributed by atoms with van der Waals surface area (Å²) in [5.41, 5.74) is 0. The van der Waals surface area contributed by atoms with E-state index in [9.17, 15) is 9.59 Å². The second kappa shape index (κ2) is 3.53. The monoisotopic (exact) mass is 173 g/mol. The number of hydrogen-bond donors (Lipinski definition) is 1. The highest BCUT2D eigenvalue weighted by Crippen LogP contribution is 2.13. The zero-order valence-corrected chi connectivity index (χ0v) is 6.99. The van der Waals surface area contributed by atoms with Gasteiger partial charge in [-0.2, -0.15) is 0 Å². The minimum Gasteiger partial charge on any atom is -0.468 e. The highest BCUT2D eigenvalue weighted by molar-refractivity contribution is 5.84. The van der Waals surface area contributed by atoms with Crippen molar-refractivity contribution in [3.63, 3.8) is 0 Å². The fourth-order valence-corrected chi connectivity index (χ4v) is 1.07. The van der Waals surface area contributed by atoms with Crippen molar-refractivity contribution in [1.82, 2.24) is 5.32 Å². The Hall–Kier alpha value is -1.10. The number of ether oxygens (including phenoxy) is 2. The highest BCUT2D eigenvalue weighted by Gasteiger charge is 2.39. The van der Waals surface area contributed by atoms with Gasteiger partial charge in [-0.25, -0.2) is 0 Å². The molecule has 12 heavy (non-hydrogen) atoms. The molecule has 1 heterocycles. The van der Waals surface area contributed by atoms with E-state index in [-0.39, 0.29) is 24.0 Å². The summed E-state index contributed by atoms with van der Waals surface area (Å²) >= 11 is 0. The molecule has 0 aromatic rings. The van der Waals surface area contributed by atoms with Crippen LogP contribution in [0.5, 0.6) is 0 Å². The van der Waals surface area contributed by atoms with Crippen LogP contribution in [0.1, 0.15) is 6.42 Å². The largest absolute Gasteiger partial charge is 0.468 e. The number of rotatable bonds is 2. The van der Waals surface area contributed by atoms with Crippen molar-refractivity contribution in [2.24, 2.45) is 0 Å². The summed E-state index contributed by atoms with van der Waals surface area (Å²) in [4.78, 5) is 21.6. The predicted octanol–water partition coefficient (Wildman–Crippen LogP) is -0.937. The van der Waals surface area contributed by atoms with E-state index in [0.29, 0.717) is 6.42 Å². The number of carbonyl (C=O) groups excluding carboxylic acids is 2. The molecule has 0 aromatic carbocycles. The van der Waals surface area contributed by atoms with Crippen molar-refractivity contribution in [2.75, 3.05) is 14.2 Å². The van der Waals surface area contributed by atoms with E-state index < -0.39 is 0 Å². The van der Waals surface area contributed by atoms with E-state index in [0.717, 1.165) is 0 Å². The van der Waals surface area contributed by atoms with Gasteiger partial charge < -0.3 is 9.47 Å². The lowest BCUT2D eigenvalue weighted by Gasteiger charge is -2.32. The first-order valence-corrected chi connectivity index (χ1v) is 3.60. The number of methoxy groups -OCH3 is 2. The van der Waals surface area contributed by atoms with Crippen molar-refractivity contribution in [1.29, 1.82) is 0 Å². The second-order valence-electron chi connectivity index (χ2n) is 2.55. The maximum atomic E-state index is 10.8. The normalized spacial score (nSPS) is 27.2. The van der Waals surface area contributed by atoms with Gasteiger partial charge in [0.15, 0.2) is 0 Å². The van der Waals surface area contributed by atoms with Gasteiger partial charge in [0.25, 0.3) is 0 Å². The maximum Gasteiger partial charge on any atom is 0.322 e. The summed E-state index contributed by atoms with van der Waals surface area (Å²) in [6.45, 7) is 0. The molecule has 0 amide bonds. The predicted molar refractivity (Wildman–Crippen MR) is 39.4 cm³/mol. The van der Waals surface area contributed by atoms with Gasteiger partial charge in [0.05, 0.1) is 14.2 Å². The molecular weight excluding hydrogens is 162 g/mol. The van der Waals surface area contributed by atoms with Crippen molar-refractivity contribution in [3.8, 4) is 0 Å². The van der Waals surface area contributed by atoms with Crippen LogP contribution in [0.3, 0.4) is 0 Å². The molecule has 1 fully saturated rings. The minimum absolute atomic E-state index is 0.338. The Bertz CT molecular complexity index is 178. The van der Waals surface area contributed by atoms with E-state index in [2.05, 4.69) is 14.8 Å². The van der Waals surface area contributed by atoms with Gasteiger partial charge in [0.2, 0.25) is 0 Å². The average Bonchev–Trinajstić information content (AvgIpc) is 2.01. The molecule has 1 aliphatic heterocycles. The molecule has 1 rings (SSSR count). The molecule has 0 unspecified atom stereocenters. The lowest BCUT2D eigenvalue weighted by Crippen LogP contribution is -2.60. The first-order valence-electron chi connectivity index (χ1n) is 3.60. The summed E-state index contributed by atoms with van der Waals surface area (Å²) < 4.78 is 8.92. The third kappa shape index (κ3) is 1.55. The molecule has 0 aromatic heterocycles. The highest BCUT2D eigenvalue weighted by atomic mass is 16.5. The average molecular weight is 173 g/mol. The molecule has 0 saturated carbocycles. The van der Waals surface area contributed by atoms with E-state index >= 15 is 0 Å².